The van der Waals surface area contributed by atoms with Gasteiger partial charge in [0.1, 0.15) is 6.10 Å². The topological polar surface area (TPSA) is 64.3 Å². The summed E-state index contributed by atoms with van der Waals surface area (Å²) in [4.78, 5) is 11.8. The van der Waals surface area contributed by atoms with Gasteiger partial charge in [0.2, 0.25) is 0 Å². The first-order chi connectivity index (χ1) is 8.45. The zero-order chi connectivity index (χ0) is 13.7. The molecule has 1 aromatic rings. The van der Waals surface area contributed by atoms with Gasteiger partial charge in [0.15, 0.2) is 0 Å². The number of hydrogen-bond acceptors (Lipinski definition) is 3. The van der Waals surface area contributed by atoms with Crippen LogP contribution < -0.4 is 11.1 Å². The number of carbonyl (C=O) groups excluding carboxylic acids is 1. The number of hydrogen-bond donors (Lipinski definition) is 2. The largest absolute Gasteiger partial charge is 0.399 e. The van der Waals surface area contributed by atoms with E-state index in [1.54, 1.807) is 6.92 Å². The number of nitrogens with two attached hydrogens (primary N) is 1. The van der Waals surface area contributed by atoms with Crippen LogP contribution in [0.15, 0.2) is 12.1 Å². The third-order valence-electron chi connectivity index (χ3n) is 2.25. The fourth-order valence-corrected chi connectivity index (χ4v) is 1.91. The van der Waals surface area contributed by atoms with Crippen LogP contribution in [0.25, 0.3) is 0 Å². The minimum atomic E-state index is -0.561. The van der Waals surface area contributed by atoms with Crippen molar-refractivity contribution in [1.29, 1.82) is 0 Å². The van der Waals surface area contributed by atoms with E-state index in [2.05, 4.69) is 5.32 Å². The second kappa shape index (κ2) is 6.83. The van der Waals surface area contributed by atoms with Crippen LogP contribution in [0, 0.1) is 0 Å². The van der Waals surface area contributed by atoms with Crippen molar-refractivity contribution in [3.63, 3.8) is 0 Å². The van der Waals surface area contributed by atoms with Gasteiger partial charge in [-0.2, -0.15) is 0 Å². The van der Waals surface area contributed by atoms with Crippen molar-refractivity contribution in [1.82, 2.24) is 0 Å². The molecule has 0 aliphatic heterocycles. The molecule has 100 valence electrons. The van der Waals surface area contributed by atoms with E-state index in [1.807, 2.05) is 6.92 Å². The number of amides is 1. The second-order valence-corrected chi connectivity index (χ2v) is 4.68. The molecule has 1 atom stereocenters. The number of ether oxygens (including phenoxy) is 1. The lowest BCUT2D eigenvalue weighted by atomic mass is 10.2. The Bertz CT molecular complexity index is 415. The maximum atomic E-state index is 11.8. The molecule has 4 nitrogen and oxygen atoms in total. The van der Waals surface area contributed by atoms with Gasteiger partial charge in [-0.15, -0.1) is 0 Å². The molecule has 0 saturated carbocycles. The maximum Gasteiger partial charge on any atom is 0.253 e. The predicted octanol–water partition coefficient (Wildman–Crippen LogP) is 3.33. The molecule has 0 aromatic heterocycles. The van der Waals surface area contributed by atoms with Crippen molar-refractivity contribution in [2.45, 2.75) is 26.4 Å². The molecule has 0 radical (unpaired) electrons. The second-order valence-electron chi connectivity index (χ2n) is 3.86. The Balaban J connectivity index is 2.76. The summed E-state index contributed by atoms with van der Waals surface area (Å²) < 4.78 is 5.31. The minimum Gasteiger partial charge on any atom is -0.399 e. The monoisotopic (exact) mass is 290 g/mol. The van der Waals surface area contributed by atoms with E-state index in [4.69, 9.17) is 33.7 Å². The summed E-state index contributed by atoms with van der Waals surface area (Å²) in [6.07, 6.45) is 0.288. The van der Waals surface area contributed by atoms with Crippen LogP contribution in [0.4, 0.5) is 11.4 Å². The fraction of sp³-hybridized carbons (Fsp3) is 0.417. The minimum absolute atomic E-state index is 0.294. The lowest BCUT2D eigenvalue weighted by Crippen LogP contribution is -2.28. The summed E-state index contributed by atoms with van der Waals surface area (Å²) in [6.45, 7) is 4.17. The van der Waals surface area contributed by atoms with Crippen LogP contribution in [-0.4, -0.2) is 18.6 Å². The van der Waals surface area contributed by atoms with Crippen molar-refractivity contribution < 1.29 is 9.53 Å². The smallest absolute Gasteiger partial charge is 0.253 e. The highest BCUT2D eigenvalue weighted by Gasteiger charge is 2.16. The van der Waals surface area contributed by atoms with Crippen molar-refractivity contribution in [3.8, 4) is 0 Å². The van der Waals surface area contributed by atoms with Gasteiger partial charge in [-0.25, -0.2) is 0 Å². The van der Waals surface area contributed by atoms with E-state index < -0.39 is 6.10 Å². The first-order valence-corrected chi connectivity index (χ1v) is 6.38. The highest BCUT2D eigenvalue weighted by Crippen LogP contribution is 2.32. The van der Waals surface area contributed by atoms with Crippen LogP contribution in [0.5, 0.6) is 0 Å². The number of benzene rings is 1. The molecule has 0 heterocycles. The van der Waals surface area contributed by atoms with E-state index >= 15 is 0 Å². The van der Waals surface area contributed by atoms with Crippen LogP contribution in [0.3, 0.4) is 0 Å². The number of carbonyl (C=O) groups is 1. The normalized spacial score (nSPS) is 12.2. The van der Waals surface area contributed by atoms with Gasteiger partial charge < -0.3 is 15.8 Å². The number of rotatable bonds is 5. The van der Waals surface area contributed by atoms with Crippen molar-refractivity contribution in [2.24, 2.45) is 0 Å². The van der Waals surface area contributed by atoms with Gasteiger partial charge in [-0.1, -0.05) is 30.1 Å². The van der Waals surface area contributed by atoms with Gasteiger partial charge in [0.05, 0.1) is 15.7 Å². The molecule has 0 aliphatic carbocycles. The van der Waals surface area contributed by atoms with Crippen LogP contribution in [0.1, 0.15) is 20.3 Å². The average Bonchev–Trinajstić information content (AvgIpc) is 2.30. The van der Waals surface area contributed by atoms with E-state index in [9.17, 15) is 4.79 Å². The summed E-state index contributed by atoms with van der Waals surface area (Å²) in [5.74, 6) is -0.294. The molecule has 0 aliphatic rings. The van der Waals surface area contributed by atoms with E-state index in [0.29, 0.717) is 28.0 Å². The third kappa shape index (κ3) is 4.05. The molecule has 0 saturated heterocycles. The summed E-state index contributed by atoms with van der Waals surface area (Å²) in [6, 6.07) is 3.06. The summed E-state index contributed by atoms with van der Waals surface area (Å²) in [5, 5.41) is 3.23. The third-order valence-corrected chi connectivity index (χ3v) is 2.85. The highest BCUT2D eigenvalue weighted by molar-refractivity contribution is 6.40. The standard InChI is InChI=1S/C12H16Cl2N2O2/c1-3-4-18-7(2)12(17)16-11-9(13)5-8(15)6-10(11)14/h5-7H,3-4,15H2,1-2H3,(H,16,17). The molecule has 1 amide bonds. The Hall–Kier alpha value is -0.970. The predicted molar refractivity (Wildman–Crippen MR) is 75.2 cm³/mol. The van der Waals surface area contributed by atoms with Crippen LogP contribution in [-0.2, 0) is 9.53 Å². The SMILES string of the molecule is CCCOC(C)C(=O)Nc1c(Cl)cc(N)cc1Cl. The first kappa shape index (κ1) is 15.1. The lowest BCUT2D eigenvalue weighted by molar-refractivity contribution is -0.126. The zero-order valence-corrected chi connectivity index (χ0v) is 11.8. The number of anilines is 2. The molecule has 1 aromatic carbocycles. The Morgan fingerprint density at radius 2 is 2.00 bits per heavy atom. The summed E-state index contributed by atoms with van der Waals surface area (Å²) in [5.41, 5.74) is 6.37. The molecular weight excluding hydrogens is 275 g/mol. The van der Waals surface area contributed by atoms with Gasteiger partial charge in [-0.3, -0.25) is 4.79 Å². The lowest BCUT2D eigenvalue weighted by Gasteiger charge is -2.15. The van der Waals surface area contributed by atoms with Gasteiger partial charge in [0, 0.05) is 12.3 Å². The quantitative estimate of drug-likeness (QED) is 0.818. The molecule has 1 unspecified atom stereocenters. The van der Waals surface area contributed by atoms with Crippen LogP contribution >= 0.6 is 23.2 Å². The Kier molecular flexibility index (Phi) is 5.72. The van der Waals surface area contributed by atoms with Gasteiger partial charge in [-0.05, 0) is 25.5 Å². The molecule has 0 fully saturated rings. The Morgan fingerprint density at radius 3 is 2.50 bits per heavy atom. The zero-order valence-electron chi connectivity index (χ0n) is 10.3. The van der Waals surface area contributed by atoms with Crippen molar-refractivity contribution >= 4 is 40.5 Å². The number of nitrogens with one attached hydrogen (secondary N) is 1. The molecule has 6 heteroatoms. The molecule has 3 N–H and O–H groups in total. The van der Waals surface area contributed by atoms with E-state index in [-0.39, 0.29) is 5.91 Å². The average molecular weight is 291 g/mol. The van der Waals surface area contributed by atoms with Crippen LogP contribution in [0.2, 0.25) is 10.0 Å². The Morgan fingerprint density at radius 1 is 1.44 bits per heavy atom. The summed E-state index contributed by atoms with van der Waals surface area (Å²) >= 11 is 11.9. The molecule has 18 heavy (non-hydrogen) atoms. The highest BCUT2D eigenvalue weighted by atomic mass is 35.5. The van der Waals surface area contributed by atoms with Crippen molar-refractivity contribution in [3.05, 3.63) is 22.2 Å². The molecule has 0 spiro atoms. The fourth-order valence-electron chi connectivity index (χ4n) is 1.31. The Labute approximate surface area is 116 Å². The number of halogens is 2. The van der Waals surface area contributed by atoms with Gasteiger partial charge >= 0.3 is 0 Å². The van der Waals surface area contributed by atoms with Gasteiger partial charge in [0.25, 0.3) is 5.91 Å². The molecule has 1 rings (SSSR count). The molecule has 0 bridgehead atoms. The molecular formula is C12H16Cl2N2O2. The van der Waals surface area contributed by atoms with E-state index in [1.165, 1.54) is 12.1 Å². The van der Waals surface area contributed by atoms with Crippen molar-refractivity contribution in [2.75, 3.05) is 17.7 Å². The summed E-state index contributed by atoms with van der Waals surface area (Å²) in [7, 11) is 0. The maximum absolute atomic E-state index is 11.8. The number of nitrogen functional groups attached to an aromatic ring is 1. The first-order valence-electron chi connectivity index (χ1n) is 5.62. The van der Waals surface area contributed by atoms with E-state index in [0.717, 1.165) is 6.42 Å².